The summed E-state index contributed by atoms with van der Waals surface area (Å²) in [5, 5.41) is 0.293. The molecule has 2 bridgehead atoms. The van der Waals surface area contributed by atoms with Gasteiger partial charge in [-0.1, -0.05) is 12.8 Å². The molecule has 53 heavy (non-hydrogen) atoms. The second kappa shape index (κ2) is 18.2. The lowest BCUT2D eigenvalue weighted by Gasteiger charge is -2.50. The number of aromatic nitrogens is 1. The summed E-state index contributed by atoms with van der Waals surface area (Å²) in [6, 6.07) is 13.5. The van der Waals surface area contributed by atoms with Crippen LogP contribution in [0.15, 0.2) is 65.6 Å². The molecule has 3 aliphatic rings. The quantitative estimate of drug-likeness (QED) is 0.119. The predicted octanol–water partition coefficient (Wildman–Crippen LogP) is 4.21. The van der Waals surface area contributed by atoms with E-state index in [9.17, 15) is 18.4 Å². The summed E-state index contributed by atoms with van der Waals surface area (Å²) in [5.74, 6) is -0.592. The van der Waals surface area contributed by atoms with E-state index in [2.05, 4.69) is 4.90 Å². The van der Waals surface area contributed by atoms with Gasteiger partial charge in [-0.3, -0.25) is 14.5 Å². The molecule has 3 aromatic carbocycles. The van der Waals surface area contributed by atoms with Crippen molar-refractivity contribution >= 4 is 22.5 Å². The van der Waals surface area contributed by atoms with Gasteiger partial charge in [0.25, 0.3) is 5.91 Å². The van der Waals surface area contributed by atoms with Crippen LogP contribution in [-0.4, -0.2) is 92.0 Å². The Labute approximate surface area is 317 Å². The number of pyridine rings is 1. The Morgan fingerprint density at radius 1 is 0.774 bits per heavy atom. The maximum Gasteiger partial charge on any atom is 0.263 e. The SMILES string of the molecule is CCOc1cc(OCC)cc(-n2cc(C(=O)N(CC)c3cc(F)cc(F)c3)c(=O)c3ccc(OCCCCCCC[N+]45CCN(CC4)CC5)cc32)c1.[Cl-]. The smallest absolute Gasteiger partial charge is 0.263 e. The van der Waals surface area contributed by atoms with Gasteiger partial charge in [-0.25, -0.2) is 8.78 Å². The van der Waals surface area contributed by atoms with Crippen molar-refractivity contribution in [3.63, 3.8) is 0 Å². The Hall–Kier alpha value is -4.19. The van der Waals surface area contributed by atoms with Crippen molar-refractivity contribution in [3.8, 4) is 22.9 Å². The second-order valence-corrected chi connectivity index (χ2v) is 13.8. The van der Waals surface area contributed by atoms with E-state index in [1.54, 1.807) is 29.7 Å². The topological polar surface area (TPSA) is 73.2 Å². The summed E-state index contributed by atoms with van der Waals surface area (Å²) >= 11 is 0. The number of ether oxygens (including phenoxy) is 3. The summed E-state index contributed by atoms with van der Waals surface area (Å²) in [4.78, 5) is 31.8. The Kier molecular flexibility index (Phi) is 13.8. The number of quaternary nitrogens is 1. The fourth-order valence-electron chi connectivity index (χ4n) is 7.58. The maximum absolute atomic E-state index is 14.2. The van der Waals surface area contributed by atoms with Gasteiger partial charge in [0.05, 0.1) is 57.2 Å². The van der Waals surface area contributed by atoms with Crippen LogP contribution in [0.3, 0.4) is 0 Å². The average molecular weight is 753 g/mol. The first-order chi connectivity index (χ1) is 25.2. The van der Waals surface area contributed by atoms with Crippen LogP contribution in [0.5, 0.6) is 17.2 Å². The highest BCUT2D eigenvalue weighted by Gasteiger charge is 2.37. The van der Waals surface area contributed by atoms with Gasteiger partial charge in [0, 0.05) is 73.8 Å². The molecule has 3 fully saturated rings. The molecule has 0 unspecified atom stereocenters. The number of amides is 1. The number of carbonyl (C=O) groups is 1. The monoisotopic (exact) mass is 752 g/mol. The van der Waals surface area contributed by atoms with Gasteiger partial charge in [0.1, 0.15) is 34.4 Å². The molecule has 4 aromatic rings. The molecule has 3 saturated heterocycles. The molecular weight excluding hydrogens is 702 g/mol. The van der Waals surface area contributed by atoms with Crippen LogP contribution in [0.25, 0.3) is 16.6 Å². The van der Waals surface area contributed by atoms with Crippen molar-refractivity contribution in [1.29, 1.82) is 0 Å². The highest BCUT2D eigenvalue weighted by molar-refractivity contribution is 6.07. The molecule has 1 amide bonds. The van der Waals surface area contributed by atoms with Crippen LogP contribution < -0.4 is 36.9 Å². The minimum atomic E-state index is -0.820. The zero-order chi connectivity index (χ0) is 36.7. The number of halogens is 3. The molecular formula is C41H51ClF2N4O5. The van der Waals surface area contributed by atoms with Crippen LogP contribution in [0.2, 0.25) is 0 Å². The van der Waals surface area contributed by atoms with E-state index in [1.165, 1.54) is 80.7 Å². The number of fused-ring (bicyclic) bond motifs is 4. The van der Waals surface area contributed by atoms with E-state index in [0.29, 0.717) is 53.7 Å². The molecule has 0 aliphatic carbocycles. The number of piperazine rings is 3. The minimum absolute atomic E-state index is 0. The van der Waals surface area contributed by atoms with Gasteiger partial charge >= 0.3 is 0 Å². The highest BCUT2D eigenvalue weighted by atomic mass is 35.5. The lowest BCUT2D eigenvalue weighted by molar-refractivity contribution is -0.941. The largest absolute Gasteiger partial charge is 1.00 e. The summed E-state index contributed by atoms with van der Waals surface area (Å²) in [5.41, 5.74) is 0.495. The number of hydrogen-bond acceptors (Lipinski definition) is 6. The summed E-state index contributed by atoms with van der Waals surface area (Å²) < 4.78 is 49.3. The van der Waals surface area contributed by atoms with Crippen molar-refractivity contribution in [2.45, 2.75) is 52.9 Å². The number of benzene rings is 3. The molecule has 0 spiro atoms. The number of hydrogen-bond donors (Lipinski definition) is 0. The van der Waals surface area contributed by atoms with E-state index in [-0.39, 0.29) is 30.2 Å². The van der Waals surface area contributed by atoms with Crippen molar-refractivity contribution in [3.05, 3.63) is 88.2 Å². The van der Waals surface area contributed by atoms with Gasteiger partial charge in [0.2, 0.25) is 5.43 Å². The highest BCUT2D eigenvalue weighted by Crippen LogP contribution is 2.30. The summed E-state index contributed by atoms with van der Waals surface area (Å²) in [6.07, 6.45) is 7.18. The first kappa shape index (κ1) is 40.0. The Balaban J connectivity index is 0.00000541. The van der Waals surface area contributed by atoms with Crippen molar-refractivity contribution in [1.82, 2.24) is 9.47 Å². The normalized spacial score (nSPS) is 17.7. The van der Waals surface area contributed by atoms with E-state index >= 15 is 0 Å². The minimum Gasteiger partial charge on any atom is -1.00 e. The number of carbonyl (C=O) groups excluding carboxylic acids is 1. The molecule has 12 heteroatoms. The van der Waals surface area contributed by atoms with Crippen LogP contribution in [-0.2, 0) is 0 Å². The third-order valence-corrected chi connectivity index (χ3v) is 10.4. The molecule has 1 aromatic heterocycles. The van der Waals surface area contributed by atoms with Gasteiger partial charge in [0.15, 0.2) is 0 Å². The summed E-state index contributed by atoms with van der Waals surface area (Å²) in [7, 11) is 0. The number of nitrogens with zero attached hydrogens (tertiary/aromatic N) is 4. The van der Waals surface area contributed by atoms with Gasteiger partial charge in [-0.15, -0.1) is 0 Å². The number of rotatable bonds is 17. The van der Waals surface area contributed by atoms with E-state index in [0.717, 1.165) is 31.0 Å². The lowest BCUT2D eigenvalue weighted by Crippen LogP contribution is -3.00. The molecule has 0 radical (unpaired) electrons. The lowest BCUT2D eigenvalue weighted by atomic mass is 10.1. The zero-order valence-electron chi connectivity index (χ0n) is 31.1. The van der Waals surface area contributed by atoms with Crippen molar-refractivity contribution < 1.29 is 44.7 Å². The molecule has 0 atom stereocenters. The molecule has 3 aliphatic heterocycles. The van der Waals surface area contributed by atoms with Crippen LogP contribution in [0.1, 0.15) is 63.2 Å². The Bertz CT molecular complexity index is 1870. The maximum atomic E-state index is 14.2. The first-order valence-electron chi connectivity index (χ1n) is 18.8. The second-order valence-electron chi connectivity index (χ2n) is 13.8. The van der Waals surface area contributed by atoms with Crippen LogP contribution in [0, 0.1) is 11.6 Å². The van der Waals surface area contributed by atoms with Gasteiger partial charge in [-0.2, -0.15) is 0 Å². The molecule has 9 nitrogen and oxygen atoms in total. The third-order valence-electron chi connectivity index (χ3n) is 10.4. The molecule has 4 heterocycles. The number of unbranched alkanes of at least 4 members (excludes halogenated alkanes) is 4. The van der Waals surface area contributed by atoms with Crippen molar-refractivity contribution in [2.24, 2.45) is 0 Å². The Morgan fingerprint density at radius 2 is 1.40 bits per heavy atom. The Morgan fingerprint density at radius 3 is 2.02 bits per heavy atom. The van der Waals surface area contributed by atoms with E-state index in [4.69, 9.17) is 14.2 Å². The van der Waals surface area contributed by atoms with Gasteiger partial charge in [-0.05, 0) is 64.3 Å². The zero-order valence-corrected chi connectivity index (χ0v) is 31.8. The molecule has 0 N–H and O–H groups in total. The van der Waals surface area contributed by atoms with Gasteiger partial charge < -0.3 is 40.6 Å². The molecule has 0 saturated carbocycles. The van der Waals surface area contributed by atoms with E-state index < -0.39 is 23.0 Å². The van der Waals surface area contributed by atoms with Crippen molar-refractivity contribution in [2.75, 3.05) is 77.1 Å². The predicted molar refractivity (Wildman–Crippen MR) is 200 cm³/mol. The fraction of sp³-hybridized carbons (Fsp3) is 0.463. The fourth-order valence-corrected chi connectivity index (χ4v) is 7.58. The number of anilines is 1. The van der Waals surface area contributed by atoms with Crippen LogP contribution in [0.4, 0.5) is 14.5 Å². The standard InChI is InChI=1S/C41H51F2N4O5.ClH/c1-4-45(32-23-30(42)22-31(43)24-32)41(49)38-29-46(33-25-35(50-5-2)27-36(26-33)51-6-3)39-28-34(12-13-37(39)40(38)48)52-21-11-9-7-8-10-17-47-18-14-44(15-19-47)16-20-47;/h12-13,22-29H,4-11,14-21H2,1-3H3;1H/q+1;/p-1. The molecule has 286 valence electrons. The summed E-state index contributed by atoms with van der Waals surface area (Å²) in [6.45, 7) is 15.9. The average Bonchev–Trinajstić information content (AvgIpc) is 3.13. The van der Waals surface area contributed by atoms with Crippen LogP contribution >= 0.6 is 0 Å². The van der Waals surface area contributed by atoms with E-state index in [1.807, 2.05) is 32.0 Å². The first-order valence-corrected chi connectivity index (χ1v) is 18.8. The third kappa shape index (κ3) is 9.49. The molecule has 7 rings (SSSR count).